The molecule has 0 fully saturated rings. The zero-order valence-electron chi connectivity index (χ0n) is 13.1. The van der Waals surface area contributed by atoms with Crippen molar-refractivity contribution >= 4 is 34.2 Å². The van der Waals surface area contributed by atoms with E-state index in [1.54, 1.807) is 12.1 Å². The summed E-state index contributed by atoms with van der Waals surface area (Å²) in [7, 11) is 0. The predicted octanol–water partition coefficient (Wildman–Crippen LogP) is 5.44. The first-order valence-corrected chi connectivity index (χ1v) is 7.39. The molecule has 23 heavy (non-hydrogen) atoms. The zero-order valence-corrected chi connectivity index (χ0v) is 13.1. The molecule has 1 N–H and O–H groups in total. The minimum absolute atomic E-state index is 0.645. The molecule has 0 radical (unpaired) electrons. The third-order valence-corrected chi connectivity index (χ3v) is 3.76. The maximum atomic E-state index is 10.5. The number of hydrogen-bond acceptors (Lipinski definition) is 3. The molecule has 1 amide bonds. The number of amides is 1. The van der Waals surface area contributed by atoms with Gasteiger partial charge in [0.15, 0.2) is 0 Å². The molecule has 114 valence electrons. The second-order valence-electron chi connectivity index (χ2n) is 5.45. The average Bonchev–Trinajstić information content (AvgIpc) is 2.55. The Labute approximate surface area is 134 Å². The van der Waals surface area contributed by atoms with Crippen LogP contribution in [-0.2, 0) is 4.79 Å². The fourth-order valence-electron chi connectivity index (χ4n) is 2.60. The third kappa shape index (κ3) is 3.26. The maximum absolute atomic E-state index is 10.5. The number of azo groups is 1. The van der Waals surface area contributed by atoms with Crippen molar-refractivity contribution in [3.05, 3.63) is 65.7 Å². The summed E-state index contributed by atoms with van der Waals surface area (Å²) in [5.74, 6) is 0. The topological polar surface area (TPSA) is 53.8 Å². The van der Waals surface area contributed by atoms with Crippen molar-refractivity contribution in [1.29, 1.82) is 0 Å². The lowest BCUT2D eigenvalue weighted by atomic mass is 10.0. The number of rotatable bonds is 4. The minimum Gasteiger partial charge on any atom is -0.329 e. The van der Waals surface area contributed by atoms with E-state index in [1.807, 2.05) is 18.2 Å². The maximum Gasteiger partial charge on any atom is 0.211 e. The molecule has 0 heterocycles. The van der Waals surface area contributed by atoms with E-state index in [9.17, 15) is 4.79 Å². The number of benzene rings is 3. The van der Waals surface area contributed by atoms with Crippen LogP contribution in [0.2, 0.25) is 0 Å². The average molecular weight is 303 g/mol. The highest BCUT2D eigenvalue weighted by Gasteiger charge is 2.03. The first-order chi connectivity index (χ1) is 11.2. The van der Waals surface area contributed by atoms with Crippen molar-refractivity contribution in [2.45, 2.75) is 13.8 Å². The van der Waals surface area contributed by atoms with E-state index in [0.717, 1.165) is 5.69 Å². The van der Waals surface area contributed by atoms with Crippen molar-refractivity contribution < 1.29 is 4.79 Å². The van der Waals surface area contributed by atoms with E-state index < -0.39 is 0 Å². The molecule has 0 atom stereocenters. The summed E-state index contributed by atoms with van der Waals surface area (Å²) in [6.07, 6.45) is 0.645. The molecular weight excluding hydrogens is 286 g/mol. The molecule has 0 unspecified atom stereocenters. The number of fused-ring (bicyclic) bond motifs is 1. The molecule has 3 aromatic rings. The van der Waals surface area contributed by atoms with Crippen molar-refractivity contribution in [2.75, 3.05) is 5.32 Å². The standard InChI is InChI=1S/C19H17N3O/c1-13-5-3-8-18-14(2)9-17(11-19(13)18)22-21-16-7-4-6-15(10-16)20-12-23/h3-12H,1-2H3,(H,20,23)/b22-21-. The zero-order chi connectivity index (χ0) is 16.2. The van der Waals surface area contributed by atoms with Gasteiger partial charge in [0.2, 0.25) is 6.41 Å². The van der Waals surface area contributed by atoms with E-state index in [1.165, 1.54) is 21.9 Å². The van der Waals surface area contributed by atoms with Gasteiger partial charge in [-0.05, 0) is 66.1 Å². The van der Waals surface area contributed by atoms with Crippen molar-refractivity contribution in [3.8, 4) is 0 Å². The van der Waals surface area contributed by atoms with Crippen LogP contribution in [0.1, 0.15) is 11.1 Å². The summed E-state index contributed by atoms with van der Waals surface area (Å²) < 4.78 is 0. The number of nitrogens with one attached hydrogen (secondary N) is 1. The highest BCUT2D eigenvalue weighted by Crippen LogP contribution is 2.29. The van der Waals surface area contributed by atoms with Gasteiger partial charge >= 0.3 is 0 Å². The molecule has 0 aliphatic heterocycles. The van der Waals surface area contributed by atoms with Gasteiger partial charge in [0, 0.05) is 5.69 Å². The molecule has 0 bridgehead atoms. The molecule has 4 nitrogen and oxygen atoms in total. The van der Waals surface area contributed by atoms with Gasteiger partial charge < -0.3 is 5.32 Å². The van der Waals surface area contributed by atoms with Crippen LogP contribution >= 0.6 is 0 Å². The van der Waals surface area contributed by atoms with Crippen LogP contribution in [0.5, 0.6) is 0 Å². The number of carbonyl (C=O) groups is 1. The van der Waals surface area contributed by atoms with Crippen LogP contribution in [0.4, 0.5) is 17.1 Å². The quantitative estimate of drug-likeness (QED) is 0.506. The predicted molar refractivity (Wildman–Crippen MR) is 93.7 cm³/mol. The second kappa shape index (κ2) is 6.40. The Morgan fingerprint density at radius 1 is 0.826 bits per heavy atom. The molecule has 4 heteroatoms. The first-order valence-electron chi connectivity index (χ1n) is 7.39. The molecule has 3 rings (SSSR count). The largest absolute Gasteiger partial charge is 0.329 e. The number of aryl methyl sites for hydroxylation is 2. The molecule has 0 spiro atoms. The molecular formula is C19H17N3O. The molecule has 0 aliphatic carbocycles. The Balaban J connectivity index is 1.96. The van der Waals surface area contributed by atoms with Crippen LogP contribution in [0, 0.1) is 13.8 Å². The summed E-state index contributed by atoms with van der Waals surface area (Å²) in [6, 6.07) is 17.6. The minimum atomic E-state index is 0.645. The molecule has 3 aromatic carbocycles. The van der Waals surface area contributed by atoms with E-state index in [4.69, 9.17) is 0 Å². The summed E-state index contributed by atoms with van der Waals surface area (Å²) in [4.78, 5) is 10.5. The van der Waals surface area contributed by atoms with Crippen molar-refractivity contribution in [2.24, 2.45) is 10.2 Å². The molecule has 0 aromatic heterocycles. The van der Waals surface area contributed by atoms with Crippen LogP contribution in [0.25, 0.3) is 10.8 Å². The van der Waals surface area contributed by atoms with Gasteiger partial charge in [0.05, 0.1) is 11.4 Å². The Morgan fingerprint density at radius 2 is 1.61 bits per heavy atom. The highest BCUT2D eigenvalue weighted by molar-refractivity contribution is 5.90. The van der Waals surface area contributed by atoms with Gasteiger partial charge in [-0.25, -0.2) is 0 Å². The van der Waals surface area contributed by atoms with Gasteiger partial charge in [0.25, 0.3) is 0 Å². The van der Waals surface area contributed by atoms with E-state index >= 15 is 0 Å². The molecule has 0 saturated heterocycles. The lowest BCUT2D eigenvalue weighted by molar-refractivity contribution is -0.105. The van der Waals surface area contributed by atoms with Crippen LogP contribution in [0.15, 0.2) is 64.8 Å². The summed E-state index contributed by atoms with van der Waals surface area (Å²) >= 11 is 0. The van der Waals surface area contributed by atoms with Gasteiger partial charge in [0.1, 0.15) is 0 Å². The SMILES string of the molecule is Cc1cc(/N=N\c2cccc(NC=O)c2)cc2c(C)cccc12. The second-order valence-corrected chi connectivity index (χ2v) is 5.45. The van der Waals surface area contributed by atoms with E-state index in [2.05, 4.69) is 53.7 Å². The van der Waals surface area contributed by atoms with Crippen molar-refractivity contribution in [1.82, 2.24) is 0 Å². The number of carbonyl (C=O) groups excluding carboxylic acids is 1. The lowest BCUT2D eigenvalue weighted by Crippen LogP contribution is -1.91. The highest BCUT2D eigenvalue weighted by atomic mass is 16.1. The van der Waals surface area contributed by atoms with Gasteiger partial charge in [-0.15, -0.1) is 0 Å². The Morgan fingerprint density at radius 3 is 2.43 bits per heavy atom. The van der Waals surface area contributed by atoms with Crippen LogP contribution in [0.3, 0.4) is 0 Å². The fraction of sp³-hybridized carbons (Fsp3) is 0.105. The van der Waals surface area contributed by atoms with Crippen molar-refractivity contribution in [3.63, 3.8) is 0 Å². The molecule has 0 aliphatic rings. The van der Waals surface area contributed by atoms with Gasteiger partial charge in [-0.2, -0.15) is 10.2 Å². The first kappa shape index (κ1) is 14.9. The normalized spacial score (nSPS) is 11.0. The van der Waals surface area contributed by atoms with Crippen LogP contribution < -0.4 is 5.32 Å². The monoisotopic (exact) mass is 303 g/mol. The smallest absolute Gasteiger partial charge is 0.211 e. The Hall–Kier alpha value is -3.01. The lowest BCUT2D eigenvalue weighted by Gasteiger charge is -2.06. The fourth-order valence-corrected chi connectivity index (χ4v) is 2.60. The number of nitrogens with zero attached hydrogens (tertiary/aromatic N) is 2. The Kier molecular flexibility index (Phi) is 4.15. The molecule has 0 saturated carbocycles. The summed E-state index contributed by atoms with van der Waals surface area (Å²) in [5.41, 5.74) is 4.61. The van der Waals surface area contributed by atoms with E-state index in [-0.39, 0.29) is 0 Å². The van der Waals surface area contributed by atoms with Crippen LogP contribution in [-0.4, -0.2) is 6.41 Å². The summed E-state index contributed by atoms with van der Waals surface area (Å²) in [5, 5.41) is 13.6. The number of hydrogen-bond donors (Lipinski definition) is 1. The Bertz CT molecular complexity index is 900. The third-order valence-electron chi connectivity index (χ3n) is 3.76. The summed E-state index contributed by atoms with van der Waals surface area (Å²) in [6.45, 7) is 4.17. The van der Waals surface area contributed by atoms with Gasteiger partial charge in [-0.3, -0.25) is 4.79 Å². The number of anilines is 1. The van der Waals surface area contributed by atoms with Gasteiger partial charge in [-0.1, -0.05) is 24.3 Å². The van der Waals surface area contributed by atoms with E-state index in [0.29, 0.717) is 17.8 Å².